The quantitative estimate of drug-likeness (QED) is 0.871. The summed E-state index contributed by atoms with van der Waals surface area (Å²) in [6, 6.07) is 3.02. The number of hydrogen-bond acceptors (Lipinski definition) is 5. The number of hydrogen-bond donors (Lipinski definition) is 1. The Bertz CT molecular complexity index is 506. The van der Waals surface area contributed by atoms with Crippen LogP contribution in [0.25, 0.3) is 0 Å². The largest absolute Gasteiger partial charge is 0.447 e. The summed E-state index contributed by atoms with van der Waals surface area (Å²) in [6.45, 7) is 1.24. The van der Waals surface area contributed by atoms with Gasteiger partial charge in [0.2, 0.25) is 5.09 Å². The van der Waals surface area contributed by atoms with Gasteiger partial charge in [0, 0.05) is 20.2 Å². The molecule has 2 rings (SSSR count). The third kappa shape index (κ3) is 3.36. The van der Waals surface area contributed by atoms with E-state index in [2.05, 4.69) is 0 Å². The topological polar surface area (TPSA) is 85.8 Å². The van der Waals surface area contributed by atoms with E-state index in [-0.39, 0.29) is 17.7 Å². The lowest BCUT2D eigenvalue weighted by molar-refractivity contribution is 0.00845. The van der Waals surface area contributed by atoms with Gasteiger partial charge in [-0.3, -0.25) is 0 Å². The molecule has 7 heteroatoms. The third-order valence-corrected chi connectivity index (χ3v) is 4.94. The van der Waals surface area contributed by atoms with Gasteiger partial charge < -0.3 is 14.9 Å². The van der Waals surface area contributed by atoms with Crippen molar-refractivity contribution in [3.63, 3.8) is 0 Å². The van der Waals surface area contributed by atoms with Crippen LogP contribution < -0.4 is 5.73 Å². The van der Waals surface area contributed by atoms with Gasteiger partial charge in [-0.05, 0) is 31.4 Å². The molecule has 1 aromatic heterocycles. The van der Waals surface area contributed by atoms with Crippen LogP contribution in [0.4, 0.5) is 0 Å². The SMILES string of the molecule is CN(CC1CCCCO1)S(=O)(=O)c1ccc(CN)o1. The normalized spacial score (nSPS) is 20.9. The van der Waals surface area contributed by atoms with Crippen LogP contribution in [0.15, 0.2) is 21.6 Å². The molecule has 1 aliphatic heterocycles. The van der Waals surface area contributed by atoms with E-state index in [1.807, 2.05) is 0 Å². The van der Waals surface area contributed by atoms with Gasteiger partial charge in [-0.25, -0.2) is 8.42 Å². The van der Waals surface area contributed by atoms with Gasteiger partial charge in [-0.2, -0.15) is 4.31 Å². The molecule has 0 amide bonds. The average molecular weight is 288 g/mol. The molecule has 6 nitrogen and oxygen atoms in total. The average Bonchev–Trinajstić information content (AvgIpc) is 2.89. The maximum Gasteiger partial charge on any atom is 0.276 e. The highest BCUT2D eigenvalue weighted by Gasteiger charge is 2.27. The van der Waals surface area contributed by atoms with Crippen molar-refractivity contribution in [1.82, 2.24) is 4.31 Å². The van der Waals surface area contributed by atoms with Gasteiger partial charge in [-0.1, -0.05) is 0 Å². The molecular weight excluding hydrogens is 268 g/mol. The van der Waals surface area contributed by atoms with Crippen molar-refractivity contribution in [2.45, 2.75) is 37.0 Å². The van der Waals surface area contributed by atoms with Crippen LogP contribution in [0.2, 0.25) is 0 Å². The predicted molar refractivity (Wildman–Crippen MR) is 70.0 cm³/mol. The summed E-state index contributed by atoms with van der Waals surface area (Å²) in [7, 11) is -2.06. The molecule has 0 saturated carbocycles. The number of likely N-dealkylation sites (N-methyl/N-ethyl adjacent to an activating group) is 1. The Kier molecular flexibility index (Phi) is 4.62. The van der Waals surface area contributed by atoms with E-state index in [4.69, 9.17) is 14.9 Å². The Hall–Kier alpha value is -0.890. The zero-order chi connectivity index (χ0) is 13.9. The van der Waals surface area contributed by atoms with Crippen LogP contribution >= 0.6 is 0 Å². The first-order valence-corrected chi connectivity index (χ1v) is 7.85. The molecule has 19 heavy (non-hydrogen) atoms. The zero-order valence-corrected chi connectivity index (χ0v) is 11.9. The number of nitrogens with zero attached hydrogens (tertiary/aromatic N) is 1. The van der Waals surface area contributed by atoms with Crippen molar-refractivity contribution in [3.05, 3.63) is 17.9 Å². The Balaban J connectivity index is 2.05. The van der Waals surface area contributed by atoms with Crippen molar-refractivity contribution in [2.75, 3.05) is 20.2 Å². The molecule has 1 atom stereocenters. The lowest BCUT2D eigenvalue weighted by Crippen LogP contribution is -2.37. The highest BCUT2D eigenvalue weighted by molar-refractivity contribution is 7.89. The van der Waals surface area contributed by atoms with Gasteiger partial charge in [0.15, 0.2) is 0 Å². The lowest BCUT2D eigenvalue weighted by Gasteiger charge is -2.26. The van der Waals surface area contributed by atoms with Crippen molar-refractivity contribution in [3.8, 4) is 0 Å². The van der Waals surface area contributed by atoms with Gasteiger partial charge in [-0.15, -0.1) is 0 Å². The van der Waals surface area contributed by atoms with Crippen molar-refractivity contribution < 1.29 is 17.6 Å². The van der Waals surface area contributed by atoms with Crippen LogP contribution in [0.5, 0.6) is 0 Å². The van der Waals surface area contributed by atoms with E-state index >= 15 is 0 Å². The fourth-order valence-corrected chi connectivity index (χ4v) is 3.22. The number of rotatable bonds is 5. The molecule has 0 bridgehead atoms. The summed E-state index contributed by atoms with van der Waals surface area (Å²) in [6.07, 6.45) is 2.99. The first-order chi connectivity index (χ1) is 9.04. The van der Waals surface area contributed by atoms with Crippen LogP contribution in [-0.4, -0.2) is 39.0 Å². The second-order valence-corrected chi connectivity index (χ2v) is 6.67. The van der Waals surface area contributed by atoms with E-state index < -0.39 is 10.0 Å². The highest BCUT2D eigenvalue weighted by Crippen LogP contribution is 2.20. The van der Waals surface area contributed by atoms with Crippen LogP contribution in [0, 0.1) is 0 Å². The van der Waals surface area contributed by atoms with Crippen molar-refractivity contribution in [2.24, 2.45) is 5.73 Å². The Labute approximate surface area is 113 Å². The number of furan rings is 1. The summed E-state index contributed by atoms with van der Waals surface area (Å²) in [4.78, 5) is 0. The molecular formula is C12H20N2O4S. The smallest absolute Gasteiger partial charge is 0.276 e. The Morgan fingerprint density at radius 2 is 2.21 bits per heavy atom. The van der Waals surface area contributed by atoms with Crippen molar-refractivity contribution in [1.29, 1.82) is 0 Å². The first-order valence-electron chi connectivity index (χ1n) is 6.41. The van der Waals surface area contributed by atoms with Crippen LogP contribution in [0.1, 0.15) is 25.0 Å². The van der Waals surface area contributed by atoms with Crippen molar-refractivity contribution >= 4 is 10.0 Å². The molecule has 1 aliphatic rings. The van der Waals surface area contributed by atoms with E-state index in [1.165, 1.54) is 17.4 Å². The highest BCUT2D eigenvalue weighted by atomic mass is 32.2. The maximum atomic E-state index is 12.3. The van der Waals surface area contributed by atoms with E-state index in [0.717, 1.165) is 19.3 Å². The summed E-state index contributed by atoms with van der Waals surface area (Å²) in [5, 5.41) is -0.0636. The fourth-order valence-electron chi connectivity index (χ4n) is 2.10. The standard InChI is InChI=1S/C12H20N2O4S/c1-14(9-11-4-2-3-7-17-11)19(15,16)12-6-5-10(8-13)18-12/h5-6,11H,2-4,7-9,13H2,1H3. The molecule has 0 aromatic carbocycles. The van der Waals surface area contributed by atoms with Crippen LogP contribution in [-0.2, 0) is 21.3 Å². The van der Waals surface area contributed by atoms with E-state index in [1.54, 1.807) is 6.07 Å². The number of sulfonamides is 1. The number of nitrogens with two attached hydrogens (primary N) is 1. The second-order valence-electron chi connectivity index (χ2n) is 4.70. The van der Waals surface area contributed by atoms with Gasteiger partial charge in [0.05, 0.1) is 12.6 Å². The van der Waals surface area contributed by atoms with Gasteiger partial charge in [0.1, 0.15) is 5.76 Å². The minimum atomic E-state index is -3.60. The lowest BCUT2D eigenvalue weighted by atomic mass is 10.1. The van der Waals surface area contributed by atoms with E-state index in [9.17, 15) is 8.42 Å². The first kappa shape index (κ1) is 14.5. The molecule has 0 radical (unpaired) electrons. The fraction of sp³-hybridized carbons (Fsp3) is 0.667. The molecule has 1 fully saturated rings. The number of ether oxygens (including phenoxy) is 1. The molecule has 1 saturated heterocycles. The van der Waals surface area contributed by atoms with Gasteiger partial charge in [0.25, 0.3) is 10.0 Å². The molecule has 0 aliphatic carbocycles. The molecule has 2 heterocycles. The second kappa shape index (κ2) is 6.04. The van der Waals surface area contributed by atoms with Gasteiger partial charge >= 0.3 is 0 Å². The predicted octanol–water partition coefficient (Wildman–Crippen LogP) is 0.928. The molecule has 1 unspecified atom stereocenters. The molecule has 1 aromatic rings. The summed E-state index contributed by atoms with van der Waals surface area (Å²) in [5.41, 5.74) is 5.41. The monoisotopic (exact) mass is 288 g/mol. The summed E-state index contributed by atoms with van der Waals surface area (Å²) < 4.78 is 36.6. The summed E-state index contributed by atoms with van der Waals surface area (Å²) in [5.74, 6) is 0.459. The van der Waals surface area contributed by atoms with E-state index in [0.29, 0.717) is 18.9 Å². The molecule has 108 valence electrons. The van der Waals surface area contributed by atoms with Crippen LogP contribution in [0.3, 0.4) is 0 Å². The third-order valence-electron chi connectivity index (χ3n) is 3.24. The minimum Gasteiger partial charge on any atom is -0.447 e. The molecule has 0 spiro atoms. The molecule has 2 N–H and O–H groups in total. The minimum absolute atomic E-state index is 0.0301. The summed E-state index contributed by atoms with van der Waals surface area (Å²) >= 11 is 0. The Morgan fingerprint density at radius 1 is 1.42 bits per heavy atom. The zero-order valence-electron chi connectivity index (χ0n) is 11.0. The maximum absolute atomic E-state index is 12.3. The Morgan fingerprint density at radius 3 is 2.79 bits per heavy atom.